The maximum absolute atomic E-state index is 12.8. The van der Waals surface area contributed by atoms with Gasteiger partial charge in [-0.25, -0.2) is 9.59 Å². The van der Waals surface area contributed by atoms with E-state index in [0.29, 0.717) is 34.9 Å². The summed E-state index contributed by atoms with van der Waals surface area (Å²) in [7, 11) is 0. The molecule has 10 nitrogen and oxygen atoms in total. The van der Waals surface area contributed by atoms with Crippen LogP contribution in [0.4, 0.5) is 9.59 Å². The molecule has 2 atom stereocenters. The second-order valence-corrected chi connectivity index (χ2v) is 13.2. The highest BCUT2D eigenvalue weighted by Gasteiger charge is 2.29. The largest absolute Gasteiger partial charge is 0.490 e. The summed E-state index contributed by atoms with van der Waals surface area (Å²) in [5.41, 5.74) is 0. The molecule has 2 N–H and O–H groups in total. The zero-order valence-corrected chi connectivity index (χ0v) is 29.7. The molecule has 0 bridgehead atoms. The summed E-state index contributed by atoms with van der Waals surface area (Å²) >= 11 is 0. The van der Waals surface area contributed by atoms with Crippen LogP contribution in [-0.2, 0) is 18.9 Å². The van der Waals surface area contributed by atoms with Crippen LogP contribution in [0.25, 0.3) is 0 Å². The van der Waals surface area contributed by atoms with Crippen molar-refractivity contribution in [1.29, 1.82) is 0 Å². The molecule has 4 rings (SSSR count). The van der Waals surface area contributed by atoms with Gasteiger partial charge in [-0.05, 0) is 106 Å². The number of alkyl carbamates (subject to hydrolysis) is 2. The van der Waals surface area contributed by atoms with E-state index in [2.05, 4.69) is 36.9 Å². The topological polar surface area (TPSA) is 114 Å². The van der Waals surface area contributed by atoms with Gasteiger partial charge in [0.2, 0.25) is 0 Å². The van der Waals surface area contributed by atoms with E-state index in [0.717, 1.165) is 51.4 Å². The monoisotopic (exact) mass is 702 g/mol. The molecule has 51 heavy (non-hydrogen) atoms. The van der Waals surface area contributed by atoms with Crippen LogP contribution in [0.15, 0.2) is 111 Å². The number of hydrogen-bond acceptors (Lipinski definition) is 8. The Balaban J connectivity index is 1.13. The van der Waals surface area contributed by atoms with E-state index in [-0.39, 0.29) is 38.5 Å². The quantitative estimate of drug-likeness (QED) is 0.105. The van der Waals surface area contributed by atoms with Crippen LogP contribution < -0.4 is 20.1 Å². The molecule has 2 fully saturated rings. The summed E-state index contributed by atoms with van der Waals surface area (Å²) in [5, 5.41) is 6.10. The molecule has 2 amide bonds. The standard InChI is InChI=1S/C41H54N2O8/c1-5-30(3)46-26-38(28-48-36-13-9-7-10-14-36)50-40(44)42-34-21-17-32(18-22-34)25-33-19-23-35(24-20-33)43-41(45)51-39(27-47-31(4)6-2)29-49-37-15-11-8-12-16-37/h5-16,32-35,38-39H,1-4,17-29H2,(H,42,44)(H,43,45). The summed E-state index contributed by atoms with van der Waals surface area (Å²) in [5.74, 6) is 3.43. The average molecular weight is 703 g/mol. The average Bonchev–Trinajstić information content (AvgIpc) is 3.15. The summed E-state index contributed by atoms with van der Waals surface area (Å²) in [6, 6.07) is 18.9. The first-order valence-electron chi connectivity index (χ1n) is 18.0. The van der Waals surface area contributed by atoms with Crippen molar-refractivity contribution in [2.75, 3.05) is 26.4 Å². The minimum atomic E-state index is -0.614. The third-order valence-electron chi connectivity index (χ3n) is 9.27. The smallest absolute Gasteiger partial charge is 0.407 e. The molecule has 0 aliphatic heterocycles. The van der Waals surface area contributed by atoms with Gasteiger partial charge >= 0.3 is 12.2 Å². The Morgan fingerprint density at radius 2 is 0.980 bits per heavy atom. The van der Waals surface area contributed by atoms with Gasteiger partial charge in [0.05, 0.1) is 0 Å². The van der Waals surface area contributed by atoms with Gasteiger partial charge in [-0.15, -0.1) is 0 Å². The third kappa shape index (κ3) is 14.9. The fraction of sp³-hybridized carbons (Fsp3) is 0.463. The minimum Gasteiger partial charge on any atom is -0.490 e. The Hall–Kier alpha value is -4.86. The molecule has 2 aromatic carbocycles. The number of allylic oxidation sites excluding steroid dienone is 2. The predicted molar refractivity (Wildman–Crippen MR) is 197 cm³/mol. The molecule has 0 radical (unpaired) electrons. The van der Waals surface area contributed by atoms with Crippen molar-refractivity contribution >= 4 is 12.2 Å². The maximum Gasteiger partial charge on any atom is 0.407 e. The lowest BCUT2D eigenvalue weighted by Crippen LogP contribution is -2.42. The molecular weight excluding hydrogens is 648 g/mol. The van der Waals surface area contributed by atoms with Crippen molar-refractivity contribution in [2.45, 2.75) is 82.1 Å². The van der Waals surface area contributed by atoms with Gasteiger partial charge in [0, 0.05) is 12.1 Å². The fourth-order valence-corrected chi connectivity index (χ4v) is 6.42. The highest BCUT2D eigenvalue weighted by atomic mass is 16.6. The summed E-state index contributed by atoms with van der Waals surface area (Å²) in [6.07, 6.45) is 9.91. The number of para-hydroxylation sites is 2. The lowest BCUT2D eigenvalue weighted by molar-refractivity contribution is 0.0176. The summed E-state index contributed by atoms with van der Waals surface area (Å²) in [6.45, 7) is 15.4. The number of carbonyl (C=O) groups is 2. The van der Waals surface area contributed by atoms with E-state index in [9.17, 15) is 9.59 Å². The van der Waals surface area contributed by atoms with Gasteiger partial charge in [-0.3, -0.25) is 0 Å². The molecular formula is C41H54N2O8. The van der Waals surface area contributed by atoms with Crippen molar-refractivity contribution in [3.05, 3.63) is 111 Å². The van der Waals surface area contributed by atoms with Crippen LogP contribution in [0.5, 0.6) is 11.5 Å². The van der Waals surface area contributed by atoms with Crippen LogP contribution >= 0.6 is 0 Å². The summed E-state index contributed by atoms with van der Waals surface area (Å²) in [4.78, 5) is 25.7. The fourth-order valence-electron chi connectivity index (χ4n) is 6.42. The normalized spacial score (nSPS) is 21.0. The van der Waals surface area contributed by atoms with E-state index >= 15 is 0 Å². The van der Waals surface area contributed by atoms with E-state index in [1.54, 1.807) is 0 Å². The van der Waals surface area contributed by atoms with Gasteiger partial charge in [0.1, 0.15) is 49.4 Å². The number of hydrogen-bond donors (Lipinski definition) is 2. The van der Waals surface area contributed by atoms with Crippen LogP contribution in [0, 0.1) is 11.8 Å². The second kappa shape index (κ2) is 21.4. The van der Waals surface area contributed by atoms with Crippen LogP contribution in [0.3, 0.4) is 0 Å². The van der Waals surface area contributed by atoms with Crippen molar-refractivity contribution in [2.24, 2.45) is 11.8 Å². The molecule has 0 aromatic heterocycles. The molecule has 0 spiro atoms. The number of carbonyl (C=O) groups excluding carboxylic acids is 2. The number of amides is 2. The first kappa shape index (κ1) is 38.9. The van der Waals surface area contributed by atoms with E-state index in [1.165, 1.54) is 18.6 Å². The van der Waals surface area contributed by atoms with Crippen LogP contribution in [0.1, 0.15) is 57.8 Å². The molecule has 2 aliphatic rings. The predicted octanol–water partition coefficient (Wildman–Crippen LogP) is 8.27. The minimum absolute atomic E-state index is 0.0709. The van der Waals surface area contributed by atoms with Crippen molar-refractivity contribution in [3.8, 4) is 11.5 Å². The van der Waals surface area contributed by atoms with Gasteiger partial charge < -0.3 is 39.1 Å². The highest BCUT2D eigenvalue weighted by Crippen LogP contribution is 2.35. The molecule has 2 unspecified atom stereocenters. The molecule has 2 saturated carbocycles. The SMILES string of the molecule is C=CC(=C)OCC(COc1ccccc1)OC(=O)NC1CCC(CC2CCC(NC(=O)OC(COC(=C)C=C)COc3ccccc3)CC2)CC1. The Morgan fingerprint density at radius 3 is 1.33 bits per heavy atom. The molecule has 2 aromatic rings. The third-order valence-corrected chi connectivity index (χ3v) is 9.27. The Morgan fingerprint density at radius 1 is 0.608 bits per heavy atom. The van der Waals surface area contributed by atoms with Gasteiger partial charge in [-0.2, -0.15) is 0 Å². The molecule has 276 valence electrons. The van der Waals surface area contributed by atoms with Crippen LogP contribution in [-0.4, -0.2) is 62.9 Å². The highest BCUT2D eigenvalue weighted by molar-refractivity contribution is 5.68. The molecule has 2 aliphatic carbocycles. The lowest BCUT2D eigenvalue weighted by Gasteiger charge is -2.34. The van der Waals surface area contributed by atoms with Crippen LogP contribution in [0.2, 0.25) is 0 Å². The van der Waals surface area contributed by atoms with Crippen molar-refractivity contribution in [3.63, 3.8) is 0 Å². The Bertz CT molecular complexity index is 1280. The van der Waals surface area contributed by atoms with E-state index in [4.69, 9.17) is 28.4 Å². The molecule has 10 heteroatoms. The zero-order chi connectivity index (χ0) is 36.3. The molecule has 0 saturated heterocycles. The number of ether oxygens (including phenoxy) is 6. The Kier molecular flexibility index (Phi) is 16.3. The number of rotatable bonds is 20. The van der Waals surface area contributed by atoms with Crippen molar-refractivity contribution < 1.29 is 38.0 Å². The maximum atomic E-state index is 12.8. The first-order valence-corrected chi connectivity index (χ1v) is 18.0. The van der Waals surface area contributed by atoms with Crippen molar-refractivity contribution in [1.82, 2.24) is 10.6 Å². The number of benzene rings is 2. The number of nitrogens with one attached hydrogen (secondary N) is 2. The second-order valence-electron chi connectivity index (χ2n) is 13.2. The van der Waals surface area contributed by atoms with E-state index in [1.807, 2.05) is 60.7 Å². The Labute approximate surface area is 302 Å². The van der Waals surface area contributed by atoms with Gasteiger partial charge in [-0.1, -0.05) is 62.7 Å². The van der Waals surface area contributed by atoms with Gasteiger partial charge in [0.25, 0.3) is 0 Å². The zero-order valence-electron chi connectivity index (χ0n) is 29.7. The van der Waals surface area contributed by atoms with Gasteiger partial charge in [0.15, 0.2) is 12.2 Å². The molecule has 0 heterocycles. The lowest BCUT2D eigenvalue weighted by atomic mass is 9.76. The first-order chi connectivity index (χ1) is 24.8. The van der Waals surface area contributed by atoms with E-state index < -0.39 is 24.4 Å². The summed E-state index contributed by atoms with van der Waals surface area (Å²) < 4.78 is 34.1.